The van der Waals surface area contributed by atoms with Gasteiger partial charge in [0.15, 0.2) is 0 Å². The summed E-state index contributed by atoms with van der Waals surface area (Å²) >= 11 is 0. The summed E-state index contributed by atoms with van der Waals surface area (Å²) < 4.78 is 11.0. The Labute approximate surface area is 124 Å². The average Bonchev–Trinajstić information content (AvgIpc) is 2.45. The molecule has 2 aromatic rings. The number of aromatic carboxylic acids is 1. The van der Waals surface area contributed by atoms with Gasteiger partial charge in [-0.15, -0.1) is 0 Å². The van der Waals surface area contributed by atoms with Crippen LogP contribution in [0.25, 0.3) is 10.8 Å². The third-order valence-electron chi connectivity index (χ3n) is 3.01. The zero-order valence-corrected chi connectivity index (χ0v) is 12.3. The van der Waals surface area contributed by atoms with Crippen molar-refractivity contribution < 1.29 is 19.4 Å². The molecule has 0 saturated carbocycles. The first-order valence-electron chi connectivity index (χ1n) is 7.04. The van der Waals surface area contributed by atoms with Crippen molar-refractivity contribution in [1.82, 2.24) is 0 Å². The highest BCUT2D eigenvalue weighted by atomic mass is 16.5. The van der Waals surface area contributed by atoms with Crippen LogP contribution >= 0.6 is 0 Å². The van der Waals surface area contributed by atoms with E-state index >= 15 is 0 Å². The van der Waals surface area contributed by atoms with E-state index in [1.807, 2.05) is 24.3 Å². The van der Waals surface area contributed by atoms with Gasteiger partial charge in [0.2, 0.25) is 0 Å². The van der Waals surface area contributed by atoms with E-state index in [1.165, 1.54) is 0 Å². The third-order valence-corrected chi connectivity index (χ3v) is 3.01. The summed E-state index contributed by atoms with van der Waals surface area (Å²) in [6.45, 7) is 5.61. The van der Waals surface area contributed by atoms with Crippen LogP contribution < -0.4 is 4.74 Å². The zero-order chi connectivity index (χ0) is 15.2. The van der Waals surface area contributed by atoms with Gasteiger partial charge in [0.1, 0.15) is 17.9 Å². The molecular weight excluding hydrogens is 268 g/mol. The molecule has 2 aromatic carbocycles. The fourth-order valence-corrected chi connectivity index (χ4v) is 2.04. The highest BCUT2D eigenvalue weighted by Crippen LogP contribution is 2.26. The lowest BCUT2D eigenvalue weighted by atomic mass is 10.1. The smallest absolute Gasteiger partial charge is 0.339 e. The van der Waals surface area contributed by atoms with Gasteiger partial charge in [0, 0.05) is 6.61 Å². The van der Waals surface area contributed by atoms with Gasteiger partial charge >= 0.3 is 5.97 Å². The predicted molar refractivity (Wildman–Crippen MR) is 82.1 cm³/mol. The largest absolute Gasteiger partial charge is 0.490 e. The topological polar surface area (TPSA) is 55.8 Å². The van der Waals surface area contributed by atoms with Crippen LogP contribution in [0.2, 0.25) is 0 Å². The molecule has 0 heterocycles. The van der Waals surface area contributed by atoms with Crippen molar-refractivity contribution in [2.75, 3.05) is 19.8 Å². The molecule has 0 amide bonds. The number of hydrogen-bond acceptors (Lipinski definition) is 3. The Bertz CT molecular complexity index is 619. The van der Waals surface area contributed by atoms with Gasteiger partial charge < -0.3 is 14.6 Å². The minimum absolute atomic E-state index is 0.178. The van der Waals surface area contributed by atoms with Gasteiger partial charge in [-0.25, -0.2) is 4.79 Å². The fourth-order valence-electron chi connectivity index (χ4n) is 2.04. The fraction of sp³-hybridized carbons (Fsp3) is 0.353. The Morgan fingerprint density at radius 3 is 2.43 bits per heavy atom. The van der Waals surface area contributed by atoms with E-state index in [0.717, 1.165) is 10.8 Å². The Hall–Kier alpha value is -2.07. The van der Waals surface area contributed by atoms with E-state index in [2.05, 4.69) is 13.8 Å². The average molecular weight is 288 g/mol. The van der Waals surface area contributed by atoms with Crippen molar-refractivity contribution in [3.8, 4) is 5.75 Å². The maximum atomic E-state index is 11.3. The molecule has 0 aliphatic heterocycles. The highest BCUT2D eigenvalue weighted by molar-refractivity contribution is 5.97. The zero-order valence-electron chi connectivity index (χ0n) is 12.3. The molecule has 2 rings (SSSR count). The van der Waals surface area contributed by atoms with E-state index in [0.29, 0.717) is 31.5 Å². The SMILES string of the molecule is CC(C)COCCOc1cc2ccccc2cc1C(=O)O. The van der Waals surface area contributed by atoms with E-state index in [-0.39, 0.29) is 5.56 Å². The number of ether oxygens (including phenoxy) is 2. The second-order valence-electron chi connectivity index (χ2n) is 5.32. The molecule has 1 N–H and O–H groups in total. The van der Waals surface area contributed by atoms with E-state index in [4.69, 9.17) is 9.47 Å². The van der Waals surface area contributed by atoms with E-state index in [9.17, 15) is 9.90 Å². The highest BCUT2D eigenvalue weighted by Gasteiger charge is 2.12. The van der Waals surface area contributed by atoms with Crippen LogP contribution in [0.3, 0.4) is 0 Å². The van der Waals surface area contributed by atoms with Crippen LogP contribution in [0, 0.1) is 5.92 Å². The molecule has 112 valence electrons. The maximum absolute atomic E-state index is 11.3. The first-order chi connectivity index (χ1) is 10.1. The molecule has 21 heavy (non-hydrogen) atoms. The van der Waals surface area contributed by atoms with Gasteiger partial charge in [-0.3, -0.25) is 0 Å². The van der Waals surface area contributed by atoms with E-state index < -0.39 is 5.97 Å². The summed E-state index contributed by atoms with van der Waals surface area (Å²) in [5.41, 5.74) is 0.178. The summed E-state index contributed by atoms with van der Waals surface area (Å²) in [7, 11) is 0. The molecule has 0 saturated heterocycles. The summed E-state index contributed by atoms with van der Waals surface area (Å²) in [4.78, 5) is 11.3. The van der Waals surface area contributed by atoms with Gasteiger partial charge in [-0.05, 0) is 28.8 Å². The maximum Gasteiger partial charge on any atom is 0.339 e. The van der Waals surface area contributed by atoms with Crippen LogP contribution in [-0.4, -0.2) is 30.9 Å². The minimum atomic E-state index is -0.987. The lowest BCUT2D eigenvalue weighted by molar-refractivity contribution is 0.0678. The number of carboxylic acids is 1. The quantitative estimate of drug-likeness (QED) is 0.791. The van der Waals surface area contributed by atoms with Crippen molar-refractivity contribution in [2.24, 2.45) is 5.92 Å². The van der Waals surface area contributed by atoms with Crippen molar-refractivity contribution >= 4 is 16.7 Å². The number of hydrogen-bond donors (Lipinski definition) is 1. The molecule has 0 unspecified atom stereocenters. The van der Waals surface area contributed by atoms with Crippen molar-refractivity contribution in [3.05, 3.63) is 42.0 Å². The summed E-state index contributed by atoms with van der Waals surface area (Å²) in [6.07, 6.45) is 0. The molecular formula is C17H20O4. The predicted octanol–water partition coefficient (Wildman–Crippen LogP) is 3.59. The van der Waals surface area contributed by atoms with Gasteiger partial charge in [-0.1, -0.05) is 38.1 Å². The second kappa shape index (κ2) is 7.09. The summed E-state index contributed by atoms with van der Waals surface area (Å²) in [6, 6.07) is 11.0. The lowest BCUT2D eigenvalue weighted by Gasteiger charge is -2.12. The molecule has 0 bridgehead atoms. The van der Waals surface area contributed by atoms with E-state index in [1.54, 1.807) is 12.1 Å². The first-order valence-corrected chi connectivity index (χ1v) is 7.04. The molecule has 0 aromatic heterocycles. The number of rotatable bonds is 7. The summed E-state index contributed by atoms with van der Waals surface area (Å²) in [5.74, 6) is -0.131. The Morgan fingerprint density at radius 2 is 1.81 bits per heavy atom. The van der Waals surface area contributed by atoms with Crippen molar-refractivity contribution in [2.45, 2.75) is 13.8 Å². The number of benzene rings is 2. The van der Waals surface area contributed by atoms with Gasteiger partial charge in [0.25, 0.3) is 0 Å². The third kappa shape index (κ3) is 4.20. The lowest BCUT2D eigenvalue weighted by Crippen LogP contribution is -2.12. The first kappa shape index (κ1) is 15.3. The molecule has 4 heteroatoms. The van der Waals surface area contributed by atoms with Crippen LogP contribution in [0.5, 0.6) is 5.75 Å². The normalized spacial score (nSPS) is 11.0. The number of fused-ring (bicyclic) bond motifs is 1. The standard InChI is InChI=1S/C17H20O4/c1-12(2)11-20-7-8-21-16-10-14-6-4-3-5-13(14)9-15(16)17(18)19/h3-6,9-10,12H,7-8,11H2,1-2H3,(H,18,19). The second-order valence-corrected chi connectivity index (χ2v) is 5.32. The van der Waals surface area contributed by atoms with Crippen molar-refractivity contribution in [3.63, 3.8) is 0 Å². The number of carbonyl (C=O) groups is 1. The van der Waals surface area contributed by atoms with Crippen LogP contribution in [0.4, 0.5) is 0 Å². The Morgan fingerprint density at radius 1 is 1.14 bits per heavy atom. The van der Waals surface area contributed by atoms with Crippen LogP contribution in [0.15, 0.2) is 36.4 Å². The van der Waals surface area contributed by atoms with Gasteiger partial charge in [0.05, 0.1) is 6.61 Å². The minimum Gasteiger partial charge on any atom is -0.490 e. The summed E-state index contributed by atoms with van der Waals surface area (Å²) in [5, 5.41) is 11.1. The molecule has 0 aliphatic carbocycles. The van der Waals surface area contributed by atoms with Crippen LogP contribution in [0.1, 0.15) is 24.2 Å². The Kier molecular flexibility index (Phi) is 5.17. The van der Waals surface area contributed by atoms with Gasteiger partial charge in [-0.2, -0.15) is 0 Å². The number of carboxylic acid groups (broad SMARTS) is 1. The molecule has 0 spiro atoms. The van der Waals surface area contributed by atoms with Crippen LogP contribution in [-0.2, 0) is 4.74 Å². The van der Waals surface area contributed by atoms with Crippen molar-refractivity contribution in [1.29, 1.82) is 0 Å². The Balaban J connectivity index is 2.10. The molecule has 0 atom stereocenters. The molecule has 0 fully saturated rings. The molecule has 0 radical (unpaired) electrons. The monoisotopic (exact) mass is 288 g/mol. The molecule has 4 nitrogen and oxygen atoms in total. The molecule has 0 aliphatic rings.